The lowest BCUT2D eigenvalue weighted by atomic mass is 10.1. The lowest BCUT2D eigenvalue weighted by Crippen LogP contribution is -2.49. The number of nitrogens with zero attached hydrogens (tertiary/aromatic N) is 2. The first-order valence-electron chi connectivity index (χ1n) is 8.53. The zero-order chi connectivity index (χ0) is 17.8. The van der Waals surface area contributed by atoms with Crippen LogP contribution in [0.1, 0.15) is 23.5 Å². The summed E-state index contributed by atoms with van der Waals surface area (Å²) in [6.07, 6.45) is 0. The molecule has 1 N–H and O–H groups in total. The Kier molecular flexibility index (Phi) is 5.38. The molecule has 0 bridgehead atoms. The van der Waals surface area contributed by atoms with Gasteiger partial charge in [-0.2, -0.15) is 0 Å². The van der Waals surface area contributed by atoms with Crippen molar-refractivity contribution in [2.45, 2.75) is 13.8 Å². The minimum atomic E-state index is -0.0800. The standard InChI is InChI=1S/C19H23N3O2S/c1-14(2)19(24)22-11-9-21(10-12-22)16-7-5-15(6-8-16)20-18(23)17-4-3-13-25-17/h3-8,13-14H,9-12H2,1-2H3,(H,20,23). The van der Waals surface area contributed by atoms with Crippen molar-refractivity contribution in [3.63, 3.8) is 0 Å². The van der Waals surface area contributed by atoms with Crippen LogP contribution >= 0.6 is 11.3 Å². The fourth-order valence-corrected chi connectivity index (χ4v) is 3.53. The first kappa shape index (κ1) is 17.5. The van der Waals surface area contributed by atoms with Crippen LogP contribution in [0.5, 0.6) is 0 Å². The summed E-state index contributed by atoms with van der Waals surface area (Å²) >= 11 is 1.43. The number of thiophene rings is 1. The van der Waals surface area contributed by atoms with E-state index >= 15 is 0 Å². The van der Waals surface area contributed by atoms with Crippen molar-refractivity contribution < 1.29 is 9.59 Å². The topological polar surface area (TPSA) is 52.7 Å². The molecular weight excluding hydrogens is 334 g/mol. The number of nitrogens with one attached hydrogen (secondary N) is 1. The molecule has 0 atom stereocenters. The van der Waals surface area contributed by atoms with Gasteiger partial charge in [-0.05, 0) is 35.7 Å². The van der Waals surface area contributed by atoms with E-state index in [1.807, 2.05) is 60.5 Å². The van der Waals surface area contributed by atoms with E-state index in [0.717, 1.165) is 37.6 Å². The van der Waals surface area contributed by atoms with Crippen molar-refractivity contribution in [3.8, 4) is 0 Å². The van der Waals surface area contributed by atoms with Crippen LogP contribution in [0.4, 0.5) is 11.4 Å². The monoisotopic (exact) mass is 357 g/mol. The van der Waals surface area contributed by atoms with Crippen LogP contribution in [-0.4, -0.2) is 42.9 Å². The van der Waals surface area contributed by atoms with Crippen LogP contribution in [0.2, 0.25) is 0 Å². The Hall–Kier alpha value is -2.34. The van der Waals surface area contributed by atoms with E-state index < -0.39 is 0 Å². The summed E-state index contributed by atoms with van der Waals surface area (Å²) in [5.41, 5.74) is 1.90. The maximum Gasteiger partial charge on any atom is 0.265 e. The molecule has 5 nitrogen and oxygen atoms in total. The number of carbonyl (C=O) groups is 2. The van der Waals surface area contributed by atoms with Gasteiger partial charge >= 0.3 is 0 Å². The van der Waals surface area contributed by atoms with Gasteiger partial charge in [-0.25, -0.2) is 0 Å². The van der Waals surface area contributed by atoms with Gasteiger partial charge in [-0.3, -0.25) is 9.59 Å². The second kappa shape index (κ2) is 7.70. The molecule has 1 aliphatic heterocycles. The number of rotatable bonds is 4. The summed E-state index contributed by atoms with van der Waals surface area (Å²) in [7, 11) is 0. The third-order valence-corrected chi connectivity index (χ3v) is 5.19. The Bertz CT molecular complexity index is 718. The van der Waals surface area contributed by atoms with Crippen molar-refractivity contribution in [1.29, 1.82) is 0 Å². The van der Waals surface area contributed by atoms with E-state index in [0.29, 0.717) is 4.88 Å². The molecule has 1 aromatic heterocycles. The molecule has 0 radical (unpaired) electrons. The second-order valence-electron chi connectivity index (χ2n) is 6.45. The molecule has 3 rings (SSSR count). The maximum atomic E-state index is 12.1. The average Bonchev–Trinajstić information content (AvgIpc) is 3.17. The first-order valence-corrected chi connectivity index (χ1v) is 9.41. The van der Waals surface area contributed by atoms with E-state index in [-0.39, 0.29) is 17.7 Å². The molecule has 6 heteroatoms. The summed E-state index contributed by atoms with van der Waals surface area (Å²) in [6.45, 7) is 7.07. The fourth-order valence-electron chi connectivity index (χ4n) is 2.91. The Morgan fingerprint density at radius 2 is 1.72 bits per heavy atom. The van der Waals surface area contributed by atoms with Gasteiger partial charge in [0.05, 0.1) is 4.88 Å². The Morgan fingerprint density at radius 3 is 2.28 bits per heavy atom. The number of amides is 2. The molecule has 1 aromatic carbocycles. The third kappa shape index (κ3) is 4.20. The summed E-state index contributed by atoms with van der Waals surface area (Å²) in [6, 6.07) is 11.6. The van der Waals surface area contributed by atoms with E-state index in [1.54, 1.807) is 0 Å². The van der Waals surface area contributed by atoms with E-state index in [2.05, 4.69) is 10.2 Å². The number of hydrogen-bond acceptors (Lipinski definition) is 4. The summed E-state index contributed by atoms with van der Waals surface area (Å²) in [5, 5.41) is 4.80. The molecule has 2 heterocycles. The molecule has 1 aliphatic rings. The summed E-state index contributed by atoms with van der Waals surface area (Å²) in [4.78, 5) is 29.0. The van der Waals surface area contributed by atoms with Crippen LogP contribution in [-0.2, 0) is 4.79 Å². The second-order valence-corrected chi connectivity index (χ2v) is 7.39. The third-order valence-electron chi connectivity index (χ3n) is 4.32. The van der Waals surface area contributed by atoms with Crippen LogP contribution in [0.25, 0.3) is 0 Å². The van der Waals surface area contributed by atoms with Crippen LogP contribution in [0.3, 0.4) is 0 Å². The van der Waals surface area contributed by atoms with E-state index in [4.69, 9.17) is 0 Å². The summed E-state index contributed by atoms with van der Waals surface area (Å²) < 4.78 is 0. The SMILES string of the molecule is CC(C)C(=O)N1CCN(c2ccc(NC(=O)c3cccs3)cc2)CC1. The molecule has 2 aromatic rings. The number of piperazine rings is 1. The van der Waals surface area contributed by atoms with Gasteiger partial charge < -0.3 is 15.1 Å². The average molecular weight is 357 g/mol. The Morgan fingerprint density at radius 1 is 1.04 bits per heavy atom. The van der Waals surface area contributed by atoms with Crippen LogP contribution in [0.15, 0.2) is 41.8 Å². The smallest absolute Gasteiger partial charge is 0.265 e. The minimum Gasteiger partial charge on any atom is -0.368 e. The maximum absolute atomic E-state index is 12.1. The molecule has 132 valence electrons. The predicted molar refractivity (Wildman–Crippen MR) is 102 cm³/mol. The zero-order valence-electron chi connectivity index (χ0n) is 14.6. The highest BCUT2D eigenvalue weighted by Crippen LogP contribution is 2.21. The molecule has 0 aliphatic carbocycles. The fraction of sp³-hybridized carbons (Fsp3) is 0.368. The first-order chi connectivity index (χ1) is 12.0. The molecule has 0 saturated carbocycles. The molecule has 1 fully saturated rings. The number of carbonyl (C=O) groups excluding carboxylic acids is 2. The Balaban J connectivity index is 1.56. The molecule has 0 spiro atoms. The Labute approximate surface area is 152 Å². The van der Waals surface area contributed by atoms with Gasteiger partial charge in [0.25, 0.3) is 5.91 Å². The van der Waals surface area contributed by atoms with Gasteiger partial charge in [-0.1, -0.05) is 19.9 Å². The van der Waals surface area contributed by atoms with Crippen LogP contribution in [0, 0.1) is 5.92 Å². The van der Waals surface area contributed by atoms with Gasteiger partial charge in [0.2, 0.25) is 5.91 Å². The number of anilines is 2. The van der Waals surface area contributed by atoms with Gasteiger partial charge in [0.15, 0.2) is 0 Å². The largest absolute Gasteiger partial charge is 0.368 e. The predicted octanol–water partition coefficient (Wildman–Crippen LogP) is 3.31. The van der Waals surface area contributed by atoms with Crippen molar-refractivity contribution in [3.05, 3.63) is 46.7 Å². The zero-order valence-corrected chi connectivity index (χ0v) is 15.4. The number of benzene rings is 1. The lowest BCUT2D eigenvalue weighted by Gasteiger charge is -2.37. The molecule has 1 saturated heterocycles. The van der Waals surface area contributed by atoms with E-state index in [9.17, 15) is 9.59 Å². The molecule has 0 unspecified atom stereocenters. The van der Waals surface area contributed by atoms with Gasteiger partial charge in [0.1, 0.15) is 0 Å². The molecular formula is C19H23N3O2S. The highest BCUT2D eigenvalue weighted by Gasteiger charge is 2.22. The van der Waals surface area contributed by atoms with E-state index in [1.165, 1.54) is 11.3 Å². The lowest BCUT2D eigenvalue weighted by molar-refractivity contribution is -0.134. The summed E-state index contributed by atoms with van der Waals surface area (Å²) in [5.74, 6) is 0.202. The van der Waals surface area contributed by atoms with Gasteiger partial charge in [-0.15, -0.1) is 11.3 Å². The normalized spacial score (nSPS) is 14.7. The van der Waals surface area contributed by atoms with Gasteiger partial charge in [0, 0.05) is 43.5 Å². The highest BCUT2D eigenvalue weighted by atomic mass is 32.1. The minimum absolute atomic E-state index is 0.0535. The highest BCUT2D eigenvalue weighted by molar-refractivity contribution is 7.12. The van der Waals surface area contributed by atoms with Crippen molar-refractivity contribution >= 4 is 34.5 Å². The molecule has 25 heavy (non-hydrogen) atoms. The number of hydrogen-bond donors (Lipinski definition) is 1. The molecule has 2 amide bonds. The van der Waals surface area contributed by atoms with Crippen molar-refractivity contribution in [2.75, 3.05) is 36.4 Å². The van der Waals surface area contributed by atoms with Crippen molar-refractivity contribution in [2.24, 2.45) is 5.92 Å². The van der Waals surface area contributed by atoms with Crippen molar-refractivity contribution in [1.82, 2.24) is 4.90 Å². The van der Waals surface area contributed by atoms with Crippen LogP contribution < -0.4 is 10.2 Å². The quantitative estimate of drug-likeness (QED) is 0.913.